The lowest BCUT2D eigenvalue weighted by Gasteiger charge is -2.25. The smallest absolute Gasteiger partial charge is 0.0213 e. The fraction of sp³-hybridized carbons (Fsp3) is 0.667. The summed E-state index contributed by atoms with van der Waals surface area (Å²) in [6.45, 7) is 18.5. The van der Waals surface area contributed by atoms with E-state index in [-0.39, 0.29) is 0 Å². The first-order chi connectivity index (χ1) is 8.31. The van der Waals surface area contributed by atoms with Crippen molar-refractivity contribution in [3.05, 3.63) is 33.9 Å². The van der Waals surface area contributed by atoms with Crippen molar-refractivity contribution in [3.8, 4) is 0 Å². The van der Waals surface area contributed by atoms with Crippen LogP contribution in [0.2, 0.25) is 0 Å². The van der Waals surface area contributed by atoms with E-state index in [1.165, 1.54) is 5.56 Å². The minimum Gasteiger partial charge on any atom is -0.0613 e. The summed E-state index contributed by atoms with van der Waals surface area (Å²) in [4.78, 5) is 0. The first-order valence-electron chi connectivity index (χ1n) is 7.47. The van der Waals surface area contributed by atoms with Crippen molar-refractivity contribution in [2.24, 2.45) is 0 Å². The molecular weight excluding hydrogens is 216 g/mol. The molecule has 0 fully saturated rings. The Bertz CT molecular complexity index is 409. The molecule has 1 aromatic rings. The van der Waals surface area contributed by atoms with E-state index in [1.807, 2.05) is 0 Å². The topological polar surface area (TPSA) is 0 Å². The van der Waals surface area contributed by atoms with Crippen LogP contribution in [0.25, 0.3) is 0 Å². The molecule has 0 radical (unpaired) electrons. The molecule has 0 saturated carbocycles. The van der Waals surface area contributed by atoms with E-state index in [1.54, 1.807) is 22.3 Å². The summed E-state index contributed by atoms with van der Waals surface area (Å²) in [5, 5.41) is 0. The highest BCUT2D eigenvalue weighted by atomic mass is 14.2. The van der Waals surface area contributed by atoms with Crippen LogP contribution in [-0.2, 0) is 6.42 Å². The van der Waals surface area contributed by atoms with E-state index in [2.05, 4.69) is 61.5 Å². The lowest BCUT2D eigenvalue weighted by molar-refractivity contribution is 0.767. The highest BCUT2D eigenvalue weighted by Crippen LogP contribution is 2.35. The van der Waals surface area contributed by atoms with Gasteiger partial charge in [0.05, 0.1) is 0 Å². The van der Waals surface area contributed by atoms with Crippen molar-refractivity contribution in [2.75, 3.05) is 0 Å². The van der Waals surface area contributed by atoms with E-state index in [4.69, 9.17) is 0 Å². The second-order valence-electron chi connectivity index (χ2n) is 6.39. The Labute approximate surface area is 114 Å². The van der Waals surface area contributed by atoms with Gasteiger partial charge >= 0.3 is 0 Å². The number of hydrogen-bond donors (Lipinski definition) is 0. The molecule has 0 saturated heterocycles. The van der Waals surface area contributed by atoms with Gasteiger partial charge < -0.3 is 0 Å². The minimum atomic E-state index is 0.617. The van der Waals surface area contributed by atoms with Gasteiger partial charge in [-0.3, -0.25) is 0 Å². The summed E-state index contributed by atoms with van der Waals surface area (Å²) in [7, 11) is 0. The molecule has 1 rings (SSSR count). The molecule has 0 N–H and O–H groups in total. The maximum absolute atomic E-state index is 2.47. The SMILES string of the molecule is CCc1c(C(C)C)cc(C(C)C)c(C)c1C(C)C. The van der Waals surface area contributed by atoms with Crippen LogP contribution in [0.4, 0.5) is 0 Å². The Kier molecular flexibility index (Phi) is 5.01. The Morgan fingerprint density at radius 2 is 1.33 bits per heavy atom. The average Bonchev–Trinajstić information content (AvgIpc) is 2.26. The zero-order valence-electron chi connectivity index (χ0n) is 13.5. The fourth-order valence-electron chi connectivity index (χ4n) is 3.19. The van der Waals surface area contributed by atoms with Gasteiger partial charge in [-0.05, 0) is 58.9 Å². The molecule has 1 aromatic carbocycles. The first-order valence-corrected chi connectivity index (χ1v) is 7.47. The van der Waals surface area contributed by atoms with Gasteiger partial charge in [0, 0.05) is 0 Å². The third-order valence-corrected chi connectivity index (χ3v) is 4.00. The molecule has 18 heavy (non-hydrogen) atoms. The van der Waals surface area contributed by atoms with Gasteiger partial charge in [-0.15, -0.1) is 0 Å². The van der Waals surface area contributed by atoms with Gasteiger partial charge in [-0.2, -0.15) is 0 Å². The second kappa shape index (κ2) is 5.91. The second-order valence-corrected chi connectivity index (χ2v) is 6.39. The average molecular weight is 246 g/mol. The van der Waals surface area contributed by atoms with E-state index < -0.39 is 0 Å². The quantitative estimate of drug-likeness (QED) is 0.618. The molecule has 0 spiro atoms. The first kappa shape index (κ1) is 15.3. The molecule has 0 bridgehead atoms. The van der Waals surface area contributed by atoms with Crippen LogP contribution in [-0.4, -0.2) is 0 Å². The third-order valence-electron chi connectivity index (χ3n) is 4.00. The zero-order chi connectivity index (χ0) is 14.0. The molecule has 0 amide bonds. The molecule has 102 valence electrons. The van der Waals surface area contributed by atoms with Gasteiger partial charge in [0.25, 0.3) is 0 Å². The number of hydrogen-bond acceptors (Lipinski definition) is 0. The van der Waals surface area contributed by atoms with Crippen molar-refractivity contribution in [3.63, 3.8) is 0 Å². The molecule has 0 heterocycles. The molecular formula is C18H30. The molecule has 0 heteroatoms. The van der Waals surface area contributed by atoms with Gasteiger partial charge in [0.1, 0.15) is 0 Å². The summed E-state index contributed by atoms with van der Waals surface area (Å²) in [5.41, 5.74) is 7.84. The van der Waals surface area contributed by atoms with Crippen LogP contribution >= 0.6 is 0 Å². The predicted molar refractivity (Wildman–Crippen MR) is 82.8 cm³/mol. The van der Waals surface area contributed by atoms with E-state index in [9.17, 15) is 0 Å². The predicted octanol–water partition coefficient (Wildman–Crippen LogP) is 5.93. The summed E-state index contributed by atoms with van der Waals surface area (Å²) >= 11 is 0. The lowest BCUT2D eigenvalue weighted by Crippen LogP contribution is -2.09. The van der Waals surface area contributed by atoms with E-state index in [0.29, 0.717) is 17.8 Å². The van der Waals surface area contributed by atoms with Gasteiger partial charge in [0.2, 0.25) is 0 Å². The molecule has 0 unspecified atom stereocenters. The third kappa shape index (κ3) is 2.79. The van der Waals surface area contributed by atoms with Crippen LogP contribution in [0.15, 0.2) is 6.07 Å². The van der Waals surface area contributed by atoms with Crippen molar-refractivity contribution >= 4 is 0 Å². The van der Waals surface area contributed by atoms with Crippen LogP contribution in [0.3, 0.4) is 0 Å². The van der Waals surface area contributed by atoms with Crippen molar-refractivity contribution in [2.45, 2.75) is 79.6 Å². The number of rotatable bonds is 4. The Balaban J connectivity index is 3.64. The largest absolute Gasteiger partial charge is 0.0613 e. The maximum atomic E-state index is 2.47. The van der Waals surface area contributed by atoms with Gasteiger partial charge in [0.15, 0.2) is 0 Å². The van der Waals surface area contributed by atoms with Crippen LogP contribution < -0.4 is 0 Å². The molecule has 0 aromatic heterocycles. The van der Waals surface area contributed by atoms with Crippen molar-refractivity contribution < 1.29 is 0 Å². The molecule has 0 aliphatic heterocycles. The maximum Gasteiger partial charge on any atom is -0.0213 e. The highest BCUT2D eigenvalue weighted by Gasteiger charge is 2.19. The Morgan fingerprint density at radius 1 is 0.833 bits per heavy atom. The molecule has 0 aliphatic carbocycles. The van der Waals surface area contributed by atoms with Gasteiger partial charge in [-0.25, -0.2) is 0 Å². The monoisotopic (exact) mass is 246 g/mol. The standard InChI is InChI=1S/C18H30/c1-9-15-17(12(4)5)10-16(11(2)3)14(8)18(15)13(6)7/h10-13H,9H2,1-8H3. The number of benzene rings is 1. The summed E-state index contributed by atoms with van der Waals surface area (Å²) < 4.78 is 0. The van der Waals surface area contributed by atoms with Crippen molar-refractivity contribution in [1.82, 2.24) is 0 Å². The summed E-state index contributed by atoms with van der Waals surface area (Å²) in [6.07, 6.45) is 1.15. The fourth-order valence-corrected chi connectivity index (χ4v) is 3.19. The molecule has 0 aliphatic rings. The molecule has 0 atom stereocenters. The van der Waals surface area contributed by atoms with Crippen molar-refractivity contribution in [1.29, 1.82) is 0 Å². The molecule has 0 nitrogen and oxygen atoms in total. The van der Waals surface area contributed by atoms with Crippen LogP contribution in [0.5, 0.6) is 0 Å². The van der Waals surface area contributed by atoms with E-state index in [0.717, 1.165) is 6.42 Å². The zero-order valence-corrected chi connectivity index (χ0v) is 13.5. The minimum absolute atomic E-state index is 0.617. The van der Waals surface area contributed by atoms with E-state index >= 15 is 0 Å². The van der Waals surface area contributed by atoms with Crippen LogP contribution in [0.1, 0.15) is 94.0 Å². The lowest BCUT2D eigenvalue weighted by atomic mass is 9.80. The summed E-state index contributed by atoms with van der Waals surface area (Å²) in [6, 6.07) is 2.47. The van der Waals surface area contributed by atoms with Gasteiger partial charge in [-0.1, -0.05) is 54.5 Å². The normalized spacial score (nSPS) is 11.9. The highest BCUT2D eigenvalue weighted by molar-refractivity contribution is 5.49. The Morgan fingerprint density at radius 3 is 1.67 bits per heavy atom. The summed E-state index contributed by atoms with van der Waals surface area (Å²) in [5.74, 6) is 1.86. The van der Waals surface area contributed by atoms with Crippen LogP contribution in [0, 0.1) is 6.92 Å². The Hall–Kier alpha value is -0.780.